The molecule has 0 radical (unpaired) electrons. The molecule has 2 unspecified atom stereocenters. The zero-order valence-electron chi connectivity index (χ0n) is 15.4. The van der Waals surface area contributed by atoms with Gasteiger partial charge in [-0.05, 0) is 32.1 Å². The average molecular weight is 357 g/mol. The van der Waals surface area contributed by atoms with E-state index in [2.05, 4.69) is 6.72 Å². The van der Waals surface area contributed by atoms with Gasteiger partial charge in [-0.2, -0.15) is 0 Å². The Balaban J connectivity index is 4.00. The fourth-order valence-corrected chi connectivity index (χ4v) is 2.28. The molecule has 0 aromatic carbocycles. The molecule has 0 aliphatic carbocycles. The Hall–Kier alpha value is -1.93. The van der Waals surface area contributed by atoms with Crippen molar-refractivity contribution in [3.05, 3.63) is 11.9 Å². The largest absolute Gasteiger partial charge is 0.480 e. The van der Waals surface area contributed by atoms with Gasteiger partial charge in [0.05, 0.1) is 6.20 Å². The quantitative estimate of drug-likeness (QED) is 0.204. The van der Waals surface area contributed by atoms with Crippen LogP contribution in [0.5, 0.6) is 0 Å². The summed E-state index contributed by atoms with van der Waals surface area (Å²) in [7, 11) is 1.96. The number of nitrogens with zero attached hydrogens (tertiary/aromatic N) is 2. The Morgan fingerprint density at radius 3 is 2.04 bits per heavy atom. The number of hydrogen-bond acceptors (Lipinski definition) is 5. The summed E-state index contributed by atoms with van der Waals surface area (Å²) in [5, 5.41) is 17.4. The third-order valence-corrected chi connectivity index (χ3v) is 4.01. The van der Waals surface area contributed by atoms with Gasteiger partial charge in [0.2, 0.25) is 0 Å². The van der Waals surface area contributed by atoms with Gasteiger partial charge in [0.1, 0.15) is 25.3 Å². The number of carbonyl (C=O) groups is 2. The molecule has 8 nitrogen and oxygen atoms in total. The van der Waals surface area contributed by atoms with Crippen LogP contribution in [-0.4, -0.2) is 70.6 Å². The molecular formula is C17H33N4O4+. The number of aliphatic carboxylic acids is 2. The maximum absolute atomic E-state index is 10.6. The standard InChI is InChI=1S/C17H32N4O4/c1-13(21(3)11-7-5-9-15(19)17(24)25)12-20(2)10-6-4-8-14(18)16(22)23/h12,14-15H,3-11,18-19H2,1-2H3,(H-,22,23,24,25)/p+1. The second kappa shape index (κ2) is 12.4. The van der Waals surface area contributed by atoms with Gasteiger partial charge in [-0.15, -0.1) is 0 Å². The third-order valence-electron chi connectivity index (χ3n) is 4.01. The molecule has 0 amide bonds. The lowest BCUT2D eigenvalue weighted by atomic mass is 10.1. The van der Waals surface area contributed by atoms with Crippen molar-refractivity contribution < 1.29 is 24.4 Å². The van der Waals surface area contributed by atoms with Crippen LogP contribution in [0, 0.1) is 0 Å². The summed E-state index contributed by atoms with van der Waals surface area (Å²) in [4.78, 5) is 23.3. The number of allylic oxidation sites excluding steroid dienone is 1. The Labute approximate surface area is 149 Å². The van der Waals surface area contributed by atoms with Crippen LogP contribution in [-0.2, 0) is 9.59 Å². The van der Waals surface area contributed by atoms with Crippen molar-refractivity contribution in [1.82, 2.24) is 4.90 Å². The van der Waals surface area contributed by atoms with Crippen LogP contribution in [0.3, 0.4) is 0 Å². The van der Waals surface area contributed by atoms with E-state index in [-0.39, 0.29) is 0 Å². The van der Waals surface area contributed by atoms with E-state index in [4.69, 9.17) is 21.7 Å². The van der Waals surface area contributed by atoms with Gasteiger partial charge in [-0.1, -0.05) is 0 Å². The summed E-state index contributed by atoms with van der Waals surface area (Å²) in [6.07, 6.45) is 6.14. The molecular weight excluding hydrogens is 324 g/mol. The van der Waals surface area contributed by atoms with Gasteiger partial charge in [-0.3, -0.25) is 9.59 Å². The summed E-state index contributed by atoms with van der Waals surface area (Å²) in [6.45, 7) is 7.50. The molecule has 0 aliphatic rings. The van der Waals surface area contributed by atoms with Crippen molar-refractivity contribution in [3.63, 3.8) is 0 Å². The zero-order valence-corrected chi connectivity index (χ0v) is 15.4. The normalized spacial score (nSPS) is 14.0. The summed E-state index contributed by atoms with van der Waals surface area (Å²) >= 11 is 0. The minimum absolute atomic E-state index is 0.463. The Morgan fingerprint density at radius 2 is 1.56 bits per heavy atom. The molecule has 2 atom stereocenters. The van der Waals surface area contributed by atoms with Crippen LogP contribution < -0.4 is 11.5 Å². The van der Waals surface area contributed by atoms with E-state index in [1.807, 2.05) is 29.6 Å². The van der Waals surface area contributed by atoms with Gasteiger partial charge < -0.3 is 26.6 Å². The van der Waals surface area contributed by atoms with Gasteiger partial charge in [0.25, 0.3) is 0 Å². The number of hydrogen-bond donors (Lipinski definition) is 4. The SMILES string of the molecule is C=[N+](CCCCC(N)C(=O)O)C(C)=CN(C)CCCCC(N)C(=O)O. The minimum Gasteiger partial charge on any atom is -0.480 e. The maximum Gasteiger partial charge on any atom is 0.320 e. The first-order chi connectivity index (χ1) is 11.6. The minimum atomic E-state index is -0.964. The molecule has 0 saturated heterocycles. The molecule has 8 heteroatoms. The monoisotopic (exact) mass is 357 g/mol. The molecule has 0 aromatic rings. The van der Waals surface area contributed by atoms with Gasteiger partial charge in [0.15, 0.2) is 5.70 Å². The van der Waals surface area contributed by atoms with Crippen molar-refractivity contribution in [2.75, 3.05) is 20.1 Å². The summed E-state index contributed by atoms with van der Waals surface area (Å²) in [5.41, 5.74) is 11.9. The van der Waals surface area contributed by atoms with Crippen molar-refractivity contribution >= 4 is 18.7 Å². The molecule has 0 aliphatic heterocycles. The van der Waals surface area contributed by atoms with Crippen LogP contribution in [0.2, 0.25) is 0 Å². The molecule has 0 heterocycles. The van der Waals surface area contributed by atoms with E-state index in [1.54, 1.807) is 0 Å². The fraction of sp³-hybridized carbons (Fsp3) is 0.706. The molecule has 0 aromatic heterocycles. The topological polar surface area (TPSA) is 133 Å². The summed E-state index contributed by atoms with van der Waals surface area (Å²) in [5.74, 6) is -1.92. The highest BCUT2D eigenvalue weighted by Gasteiger charge is 2.12. The highest BCUT2D eigenvalue weighted by Crippen LogP contribution is 2.05. The summed E-state index contributed by atoms with van der Waals surface area (Å²) in [6, 6.07) is -1.58. The molecule has 0 saturated carbocycles. The van der Waals surface area contributed by atoms with Crippen LogP contribution in [0.1, 0.15) is 45.4 Å². The third kappa shape index (κ3) is 11.3. The van der Waals surface area contributed by atoms with Crippen molar-refractivity contribution in [2.45, 2.75) is 57.5 Å². The highest BCUT2D eigenvalue weighted by molar-refractivity contribution is 5.73. The first kappa shape index (κ1) is 23.1. The average Bonchev–Trinajstić information content (AvgIpc) is 2.54. The van der Waals surface area contributed by atoms with Crippen molar-refractivity contribution in [1.29, 1.82) is 0 Å². The van der Waals surface area contributed by atoms with E-state index in [0.717, 1.165) is 44.5 Å². The van der Waals surface area contributed by atoms with Gasteiger partial charge >= 0.3 is 11.9 Å². The van der Waals surface area contributed by atoms with E-state index >= 15 is 0 Å². The number of carboxylic acid groups (broad SMARTS) is 2. The number of carboxylic acids is 2. The van der Waals surface area contributed by atoms with Crippen LogP contribution in [0.15, 0.2) is 11.9 Å². The molecule has 144 valence electrons. The highest BCUT2D eigenvalue weighted by atomic mass is 16.4. The van der Waals surface area contributed by atoms with E-state index < -0.39 is 24.0 Å². The molecule has 0 fully saturated rings. The van der Waals surface area contributed by atoms with Crippen LogP contribution in [0.25, 0.3) is 0 Å². The second-order valence-electron chi connectivity index (χ2n) is 6.40. The Bertz CT molecular complexity index is 479. The predicted octanol–water partition coefficient (Wildman–Crippen LogP) is 0.657. The van der Waals surface area contributed by atoms with Gasteiger partial charge in [0, 0.05) is 26.9 Å². The van der Waals surface area contributed by atoms with Crippen molar-refractivity contribution in [2.24, 2.45) is 11.5 Å². The lowest BCUT2D eigenvalue weighted by Crippen LogP contribution is -2.30. The Kier molecular flexibility index (Phi) is 11.5. The number of nitrogens with two attached hydrogens (primary N) is 2. The number of unbranched alkanes of at least 4 members (excludes halogenated alkanes) is 2. The van der Waals surface area contributed by atoms with E-state index in [1.165, 1.54) is 0 Å². The number of rotatable bonds is 14. The Morgan fingerprint density at radius 1 is 1.08 bits per heavy atom. The van der Waals surface area contributed by atoms with E-state index in [0.29, 0.717) is 12.8 Å². The second-order valence-corrected chi connectivity index (χ2v) is 6.40. The van der Waals surface area contributed by atoms with Crippen LogP contribution in [0.4, 0.5) is 0 Å². The zero-order chi connectivity index (χ0) is 19.4. The molecule has 0 rings (SSSR count). The lowest BCUT2D eigenvalue weighted by molar-refractivity contribution is -0.469. The smallest absolute Gasteiger partial charge is 0.320 e. The van der Waals surface area contributed by atoms with Gasteiger partial charge in [-0.25, -0.2) is 4.58 Å². The molecule has 0 bridgehead atoms. The molecule has 0 spiro atoms. The first-order valence-electron chi connectivity index (χ1n) is 8.58. The molecule has 6 N–H and O–H groups in total. The summed E-state index contributed by atoms with van der Waals surface area (Å²) < 4.78 is 1.88. The lowest BCUT2D eigenvalue weighted by Gasteiger charge is -2.14. The first-order valence-corrected chi connectivity index (χ1v) is 8.58. The fourth-order valence-electron chi connectivity index (χ4n) is 2.28. The molecule has 25 heavy (non-hydrogen) atoms. The predicted molar refractivity (Wildman–Crippen MR) is 97.6 cm³/mol. The maximum atomic E-state index is 10.6. The van der Waals surface area contributed by atoms with Crippen LogP contribution >= 0.6 is 0 Å². The van der Waals surface area contributed by atoms with E-state index in [9.17, 15) is 9.59 Å². The van der Waals surface area contributed by atoms with Crippen molar-refractivity contribution in [3.8, 4) is 0 Å².